The maximum Gasteiger partial charge on any atom is 0.407 e. The van der Waals surface area contributed by atoms with Crippen molar-refractivity contribution in [3.8, 4) is 6.07 Å². The number of nitrogens with one attached hydrogen (secondary N) is 2. The van der Waals surface area contributed by atoms with Crippen LogP contribution in [-0.4, -0.2) is 31.7 Å². The molecule has 6 heteroatoms. The van der Waals surface area contributed by atoms with Gasteiger partial charge in [0.25, 0.3) is 0 Å². The van der Waals surface area contributed by atoms with E-state index in [9.17, 15) is 9.59 Å². The van der Waals surface area contributed by atoms with Crippen molar-refractivity contribution in [2.24, 2.45) is 5.92 Å². The van der Waals surface area contributed by atoms with Crippen molar-refractivity contribution in [1.29, 1.82) is 5.26 Å². The molecule has 0 heterocycles. The van der Waals surface area contributed by atoms with Crippen LogP contribution in [0.4, 0.5) is 4.79 Å². The van der Waals surface area contributed by atoms with Crippen LogP contribution in [0.3, 0.4) is 0 Å². The number of carbonyl (C=O) groups excluding carboxylic acids is 2. The van der Waals surface area contributed by atoms with Crippen LogP contribution in [0, 0.1) is 17.2 Å². The van der Waals surface area contributed by atoms with Crippen LogP contribution >= 0.6 is 0 Å². The minimum atomic E-state index is -0.612. The molecule has 0 radical (unpaired) electrons. The number of amides is 2. The fourth-order valence-corrected chi connectivity index (χ4v) is 2.52. The van der Waals surface area contributed by atoms with Crippen LogP contribution in [0.1, 0.15) is 25.3 Å². The molecule has 0 spiro atoms. The van der Waals surface area contributed by atoms with Gasteiger partial charge in [-0.1, -0.05) is 56.3 Å². The van der Waals surface area contributed by atoms with Gasteiger partial charge in [-0.3, -0.25) is 4.79 Å². The zero-order valence-electron chi connectivity index (χ0n) is 15.0. The first kappa shape index (κ1) is 19.3. The normalized spacial score (nSPS) is 11.6. The van der Waals surface area contributed by atoms with Crippen molar-refractivity contribution in [3.63, 3.8) is 0 Å². The fourth-order valence-electron chi connectivity index (χ4n) is 2.52. The predicted molar refractivity (Wildman–Crippen MR) is 99.5 cm³/mol. The Hall–Kier alpha value is -3.07. The maximum absolute atomic E-state index is 12.5. The predicted octanol–water partition coefficient (Wildman–Crippen LogP) is 2.95. The lowest BCUT2D eigenvalue weighted by atomic mass is 9.95. The van der Waals surface area contributed by atoms with Crippen LogP contribution in [0.15, 0.2) is 42.5 Å². The second-order valence-corrected chi connectivity index (χ2v) is 6.41. The summed E-state index contributed by atoms with van der Waals surface area (Å²) in [7, 11) is 0. The van der Waals surface area contributed by atoms with Gasteiger partial charge in [0.05, 0.1) is 18.6 Å². The highest BCUT2D eigenvalue weighted by molar-refractivity contribution is 5.88. The third kappa shape index (κ3) is 5.49. The number of fused-ring (bicyclic) bond motifs is 1. The summed E-state index contributed by atoms with van der Waals surface area (Å²) >= 11 is 0. The zero-order valence-corrected chi connectivity index (χ0v) is 15.0. The largest absolute Gasteiger partial charge is 0.449 e. The molecule has 1 atom stereocenters. The molecule has 0 aromatic heterocycles. The highest BCUT2D eigenvalue weighted by Gasteiger charge is 2.22. The topological polar surface area (TPSA) is 91.2 Å². The van der Waals surface area contributed by atoms with E-state index in [0.29, 0.717) is 6.61 Å². The molecule has 2 rings (SSSR count). The number of alkyl carbamates (subject to hydrolysis) is 1. The van der Waals surface area contributed by atoms with Gasteiger partial charge >= 0.3 is 6.09 Å². The molecule has 0 saturated carbocycles. The Kier molecular flexibility index (Phi) is 6.98. The van der Waals surface area contributed by atoms with Gasteiger partial charge in [-0.2, -0.15) is 5.26 Å². The molecule has 0 saturated heterocycles. The second kappa shape index (κ2) is 9.42. The molecular formula is C20H23N3O3. The first-order valence-electron chi connectivity index (χ1n) is 8.55. The number of nitriles is 1. The van der Waals surface area contributed by atoms with Gasteiger partial charge in [0.15, 0.2) is 0 Å². The van der Waals surface area contributed by atoms with Gasteiger partial charge in [-0.05, 0) is 22.3 Å². The van der Waals surface area contributed by atoms with Crippen molar-refractivity contribution < 1.29 is 14.3 Å². The molecule has 0 aliphatic heterocycles. The summed E-state index contributed by atoms with van der Waals surface area (Å²) < 4.78 is 5.09. The number of benzene rings is 2. The molecule has 2 amide bonds. The number of hydrogen-bond donors (Lipinski definition) is 2. The summed E-state index contributed by atoms with van der Waals surface area (Å²) in [6, 6.07) is 15.4. The van der Waals surface area contributed by atoms with Crippen molar-refractivity contribution in [3.05, 3.63) is 48.0 Å². The van der Waals surface area contributed by atoms with Crippen molar-refractivity contribution in [2.75, 3.05) is 19.7 Å². The van der Waals surface area contributed by atoms with Gasteiger partial charge in [0.2, 0.25) is 5.91 Å². The number of carbonyl (C=O) groups is 2. The summed E-state index contributed by atoms with van der Waals surface area (Å²) in [5, 5.41) is 16.0. The lowest BCUT2D eigenvalue weighted by Gasteiger charge is -2.18. The molecule has 0 aliphatic rings. The Balaban J connectivity index is 2.15. The third-order valence-electron chi connectivity index (χ3n) is 3.83. The first-order chi connectivity index (χ1) is 12.5. The van der Waals surface area contributed by atoms with Crippen molar-refractivity contribution >= 4 is 22.8 Å². The minimum absolute atomic E-state index is 0.0826. The minimum Gasteiger partial charge on any atom is -0.449 e. The number of rotatable bonds is 7. The summed E-state index contributed by atoms with van der Waals surface area (Å²) in [5.74, 6) is -0.693. The average Bonchev–Trinajstić information content (AvgIpc) is 2.64. The second-order valence-electron chi connectivity index (χ2n) is 6.41. The van der Waals surface area contributed by atoms with Gasteiger partial charge in [-0.25, -0.2) is 4.79 Å². The van der Waals surface area contributed by atoms with E-state index < -0.39 is 12.0 Å². The zero-order chi connectivity index (χ0) is 18.9. The quantitative estimate of drug-likeness (QED) is 0.749. The first-order valence-corrected chi connectivity index (χ1v) is 8.55. The van der Waals surface area contributed by atoms with E-state index >= 15 is 0 Å². The summed E-state index contributed by atoms with van der Waals surface area (Å²) in [5.41, 5.74) is 0.767. The van der Waals surface area contributed by atoms with E-state index in [1.54, 1.807) is 0 Å². The average molecular weight is 353 g/mol. The molecule has 2 aromatic carbocycles. The lowest BCUT2D eigenvalue weighted by Crippen LogP contribution is -2.38. The van der Waals surface area contributed by atoms with Gasteiger partial charge in [0, 0.05) is 6.54 Å². The molecule has 0 fully saturated rings. The van der Waals surface area contributed by atoms with E-state index in [-0.39, 0.29) is 24.9 Å². The Labute approximate surface area is 153 Å². The van der Waals surface area contributed by atoms with Crippen LogP contribution < -0.4 is 10.6 Å². The van der Waals surface area contributed by atoms with Gasteiger partial charge in [0.1, 0.15) is 6.54 Å². The highest BCUT2D eigenvalue weighted by Crippen LogP contribution is 2.22. The maximum atomic E-state index is 12.5. The van der Waals surface area contributed by atoms with E-state index in [1.807, 2.05) is 62.4 Å². The molecule has 2 N–H and O–H groups in total. The molecule has 6 nitrogen and oxygen atoms in total. The van der Waals surface area contributed by atoms with E-state index in [0.717, 1.165) is 16.3 Å². The summed E-state index contributed by atoms with van der Waals surface area (Å²) in [4.78, 5) is 24.3. The summed E-state index contributed by atoms with van der Waals surface area (Å²) in [6.45, 7) is 4.21. The number of ether oxygens (including phenoxy) is 1. The van der Waals surface area contributed by atoms with Crippen LogP contribution in [0.5, 0.6) is 0 Å². The fraction of sp³-hybridized carbons (Fsp3) is 0.350. The SMILES string of the molecule is CC(C)COC(=O)NCC(C(=O)NCC#N)c1ccc2ccccc2c1. The van der Waals surface area contributed by atoms with Crippen LogP contribution in [0.2, 0.25) is 0 Å². The highest BCUT2D eigenvalue weighted by atomic mass is 16.5. The third-order valence-corrected chi connectivity index (χ3v) is 3.83. The molecule has 136 valence electrons. The number of hydrogen-bond acceptors (Lipinski definition) is 4. The molecule has 0 bridgehead atoms. The standard InChI is InChI=1S/C20H23N3O3/c1-14(2)13-26-20(25)23-12-18(19(24)22-10-9-21)17-8-7-15-5-3-4-6-16(15)11-17/h3-8,11,14,18H,10,12-13H2,1-2H3,(H,22,24)(H,23,25). The van der Waals surface area contributed by atoms with E-state index in [4.69, 9.17) is 10.00 Å². The Bertz CT molecular complexity index is 811. The molecule has 26 heavy (non-hydrogen) atoms. The van der Waals surface area contributed by atoms with Crippen molar-refractivity contribution in [1.82, 2.24) is 10.6 Å². The monoisotopic (exact) mass is 353 g/mol. The van der Waals surface area contributed by atoms with Gasteiger partial charge in [-0.15, -0.1) is 0 Å². The molecule has 0 aliphatic carbocycles. The smallest absolute Gasteiger partial charge is 0.407 e. The lowest BCUT2D eigenvalue weighted by molar-refractivity contribution is -0.122. The Morgan fingerprint density at radius 1 is 1.12 bits per heavy atom. The summed E-state index contributed by atoms with van der Waals surface area (Å²) in [6.07, 6.45) is -0.558. The Morgan fingerprint density at radius 3 is 2.54 bits per heavy atom. The molecular weight excluding hydrogens is 330 g/mol. The Morgan fingerprint density at radius 2 is 1.85 bits per heavy atom. The number of nitrogens with zero attached hydrogens (tertiary/aromatic N) is 1. The molecule has 2 aromatic rings. The molecule has 1 unspecified atom stereocenters. The van der Waals surface area contributed by atoms with Crippen molar-refractivity contribution in [2.45, 2.75) is 19.8 Å². The van der Waals surface area contributed by atoms with Crippen LogP contribution in [0.25, 0.3) is 10.8 Å². The van der Waals surface area contributed by atoms with Crippen LogP contribution in [-0.2, 0) is 9.53 Å². The van der Waals surface area contributed by atoms with E-state index in [1.165, 1.54) is 0 Å². The van der Waals surface area contributed by atoms with E-state index in [2.05, 4.69) is 10.6 Å². The van der Waals surface area contributed by atoms with Gasteiger partial charge < -0.3 is 15.4 Å².